The summed E-state index contributed by atoms with van der Waals surface area (Å²) in [7, 11) is -1.93. The first-order valence-corrected chi connectivity index (χ1v) is 14.5. The number of aromatic nitrogens is 1. The van der Waals surface area contributed by atoms with Crippen LogP contribution in [-0.2, 0) is 10.8 Å². The first kappa shape index (κ1) is 25.1. The lowest BCUT2D eigenvalue weighted by Crippen LogP contribution is -2.45. The van der Waals surface area contributed by atoms with Crippen LogP contribution in [0.5, 0.6) is 5.75 Å². The minimum atomic E-state index is -1.93. The number of ether oxygens (including phenoxy) is 1. The van der Waals surface area contributed by atoms with Crippen molar-refractivity contribution < 1.29 is 13.6 Å². The van der Waals surface area contributed by atoms with Crippen LogP contribution in [0.15, 0.2) is 67.0 Å². The Hall–Kier alpha value is -2.50. The van der Waals surface area contributed by atoms with E-state index in [9.17, 15) is 4.39 Å². The zero-order valence-electron chi connectivity index (χ0n) is 20.7. The van der Waals surface area contributed by atoms with E-state index >= 15 is 0 Å². The van der Waals surface area contributed by atoms with Gasteiger partial charge in [0.1, 0.15) is 18.2 Å². The Kier molecular flexibility index (Phi) is 8.08. The Balaban J connectivity index is 1.67. The number of pyridine rings is 1. The van der Waals surface area contributed by atoms with E-state index in [2.05, 4.69) is 44.9 Å². The van der Waals surface area contributed by atoms with Crippen LogP contribution in [-0.4, -0.2) is 26.0 Å². The van der Waals surface area contributed by atoms with Crippen molar-refractivity contribution in [3.63, 3.8) is 0 Å². The molecule has 1 aromatic heterocycles. The molecule has 176 valence electrons. The fourth-order valence-electron chi connectivity index (χ4n) is 3.40. The number of hydrogen-bond donors (Lipinski definition) is 0. The van der Waals surface area contributed by atoms with Gasteiger partial charge in [0.25, 0.3) is 0 Å². The molecule has 3 nitrogen and oxygen atoms in total. The monoisotopic (exact) mass is 465 g/mol. The summed E-state index contributed by atoms with van der Waals surface area (Å²) >= 11 is 0. The number of hydrogen-bond acceptors (Lipinski definition) is 3. The fraction of sp³-hybridized carbons (Fsp3) is 0.393. The molecule has 0 spiro atoms. The quantitative estimate of drug-likeness (QED) is 0.305. The second-order valence-electron chi connectivity index (χ2n) is 10.2. The average Bonchev–Trinajstić information content (AvgIpc) is 2.78. The molecule has 1 unspecified atom stereocenters. The van der Waals surface area contributed by atoms with Crippen LogP contribution in [0.2, 0.25) is 18.1 Å². The Morgan fingerprint density at radius 3 is 2.30 bits per heavy atom. The summed E-state index contributed by atoms with van der Waals surface area (Å²) in [5.74, 6) is 0.626. The highest BCUT2D eigenvalue weighted by atomic mass is 28.4. The lowest BCUT2D eigenvalue weighted by molar-refractivity contribution is 0.108. The number of aryl methyl sites for hydroxylation is 2. The standard InChI is InChI=1S/C28H36FNO2Si/c1-21-18-24(12-16-27(21)29)23-10-14-25(15-11-23)31-20-26(32-33(5,6)28(2,3)4)13-9-22-8-7-17-30-19-22/h7-8,10-12,14-19,26H,9,13,20H2,1-6H3. The van der Waals surface area contributed by atoms with Gasteiger partial charge in [0.15, 0.2) is 8.32 Å². The van der Waals surface area contributed by atoms with Gasteiger partial charge in [-0.3, -0.25) is 4.98 Å². The van der Waals surface area contributed by atoms with Gasteiger partial charge in [0.05, 0.1) is 6.10 Å². The molecule has 33 heavy (non-hydrogen) atoms. The molecule has 3 rings (SSSR count). The molecule has 0 bridgehead atoms. The highest BCUT2D eigenvalue weighted by molar-refractivity contribution is 6.74. The van der Waals surface area contributed by atoms with Crippen LogP contribution in [0.25, 0.3) is 11.1 Å². The Morgan fingerprint density at radius 2 is 1.70 bits per heavy atom. The van der Waals surface area contributed by atoms with Crippen molar-refractivity contribution in [3.8, 4) is 16.9 Å². The molecule has 0 aliphatic rings. The number of benzene rings is 2. The maximum Gasteiger partial charge on any atom is 0.192 e. The molecule has 0 N–H and O–H groups in total. The van der Waals surface area contributed by atoms with Crippen molar-refractivity contribution in [2.75, 3.05) is 6.61 Å². The van der Waals surface area contributed by atoms with Crippen LogP contribution in [0.1, 0.15) is 38.3 Å². The maximum atomic E-state index is 13.6. The summed E-state index contributed by atoms with van der Waals surface area (Å²) in [5, 5.41) is 0.133. The Bertz CT molecular complexity index is 1030. The van der Waals surface area contributed by atoms with Crippen LogP contribution in [0.3, 0.4) is 0 Å². The van der Waals surface area contributed by atoms with Crippen molar-refractivity contribution in [1.82, 2.24) is 4.98 Å². The van der Waals surface area contributed by atoms with Gasteiger partial charge in [-0.15, -0.1) is 0 Å². The van der Waals surface area contributed by atoms with Gasteiger partial charge in [0, 0.05) is 12.4 Å². The molecule has 0 radical (unpaired) electrons. The summed E-state index contributed by atoms with van der Waals surface area (Å²) < 4.78 is 26.5. The van der Waals surface area contributed by atoms with Crippen molar-refractivity contribution in [1.29, 1.82) is 0 Å². The summed E-state index contributed by atoms with van der Waals surface area (Å²) in [6.45, 7) is 13.6. The van der Waals surface area contributed by atoms with E-state index in [1.807, 2.05) is 42.6 Å². The lowest BCUT2D eigenvalue weighted by Gasteiger charge is -2.39. The maximum absolute atomic E-state index is 13.6. The molecule has 0 aliphatic carbocycles. The molecule has 5 heteroatoms. The van der Waals surface area contributed by atoms with Crippen molar-refractivity contribution >= 4 is 8.32 Å². The van der Waals surface area contributed by atoms with E-state index in [1.54, 1.807) is 19.2 Å². The molecule has 0 saturated heterocycles. The average molecular weight is 466 g/mol. The molecule has 1 heterocycles. The molecular weight excluding hydrogens is 429 g/mol. The van der Waals surface area contributed by atoms with E-state index in [0.29, 0.717) is 12.2 Å². The third-order valence-corrected chi connectivity index (χ3v) is 11.1. The number of rotatable bonds is 9. The lowest BCUT2D eigenvalue weighted by atomic mass is 10.0. The second kappa shape index (κ2) is 10.6. The van der Waals surface area contributed by atoms with Crippen LogP contribution < -0.4 is 4.74 Å². The van der Waals surface area contributed by atoms with Gasteiger partial charge in [0.2, 0.25) is 0 Å². The molecule has 3 aromatic rings. The van der Waals surface area contributed by atoms with E-state index in [4.69, 9.17) is 9.16 Å². The van der Waals surface area contributed by atoms with Gasteiger partial charge >= 0.3 is 0 Å². The van der Waals surface area contributed by atoms with Gasteiger partial charge in [-0.25, -0.2) is 4.39 Å². The summed E-state index contributed by atoms with van der Waals surface area (Å²) in [6, 6.07) is 17.2. The van der Waals surface area contributed by atoms with Crippen molar-refractivity contribution in [3.05, 3.63) is 83.9 Å². The molecule has 0 saturated carbocycles. The van der Waals surface area contributed by atoms with Gasteiger partial charge < -0.3 is 9.16 Å². The second-order valence-corrected chi connectivity index (χ2v) is 15.0. The predicted molar refractivity (Wildman–Crippen MR) is 137 cm³/mol. The normalized spacial score (nSPS) is 13.1. The first-order valence-electron chi connectivity index (χ1n) is 11.6. The fourth-order valence-corrected chi connectivity index (χ4v) is 4.77. The predicted octanol–water partition coefficient (Wildman–Crippen LogP) is 7.60. The van der Waals surface area contributed by atoms with Gasteiger partial charge in [-0.2, -0.15) is 0 Å². The molecular formula is C28H36FNO2Si. The number of nitrogens with zero attached hydrogens (tertiary/aromatic N) is 1. The van der Waals surface area contributed by atoms with Crippen LogP contribution in [0.4, 0.5) is 4.39 Å². The smallest absolute Gasteiger partial charge is 0.192 e. The molecule has 0 fully saturated rings. The topological polar surface area (TPSA) is 31.4 Å². The SMILES string of the molecule is Cc1cc(-c2ccc(OCC(CCc3cccnc3)O[Si](C)(C)C(C)(C)C)cc2)ccc1F. The zero-order valence-corrected chi connectivity index (χ0v) is 21.7. The minimum absolute atomic E-state index is 0.00511. The Labute approximate surface area is 199 Å². The van der Waals surface area contributed by atoms with Gasteiger partial charge in [-0.05, 0) is 90.5 Å². The van der Waals surface area contributed by atoms with Crippen molar-refractivity contribution in [2.45, 2.75) is 64.8 Å². The van der Waals surface area contributed by atoms with Crippen molar-refractivity contribution in [2.24, 2.45) is 0 Å². The van der Waals surface area contributed by atoms with E-state index in [1.165, 1.54) is 11.6 Å². The summed E-state index contributed by atoms with van der Waals surface area (Å²) in [5.41, 5.74) is 3.89. The van der Waals surface area contributed by atoms with Crippen LogP contribution in [0, 0.1) is 12.7 Å². The van der Waals surface area contributed by atoms with Gasteiger partial charge in [-0.1, -0.05) is 45.0 Å². The first-order chi connectivity index (χ1) is 15.5. The highest BCUT2D eigenvalue weighted by Gasteiger charge is 2.39. The third-order valence-electron chi connectivity index (χ3n) is 6.53. The molecule has 1 atom stereocenters. The Morgan fingerprint density at radius 1 is 1.00 bits per heavy atom. The summed E-state index contributed by atoms with van der Waals surface area (Å²) in [6.07, 6.45) is 5.50. The highest BCUT2D eigenvalue weighted by Crippen LogP contribution is 2.38. The van der Waals surface area contributed by atoms with E-state index < -0.39 is 8.32 Å². The van der Waals surface area contributed by atoms with E-state index in [-0.39, 0.29) is 17.0 Å². The third kappa shape index (κ3) is 6.99. The van der Waals surface area contributed by atoms with Crippen LogP contribution >= 0.6 is 0 Å². The largest absolute Gasteiger partial charge is 0.491 e. The van der Waals surface area contributed by atoms with E-state index in [0.717, 1.165) is 29.7 Å². The summed E-state index contributed by atoms with van der Waals surface area (Å²) in [4.78, 5) is 4.23. The zero-order chi connectivity index (χ0) is 24.1. The number of halogens is 1. The molecule has 0 aliphatic heterocycles. The molecule has 0 amide bonds. The minimum Gasteiger partial charge on any atom is -0.491 e. The molecule has 2 aromatic carbocycles.